The monoisotopic (exact) mass is 636 g/mol. The fourth-order valence-electron chi connectivity index (χ4n) is 8.02. The van der Waals surface area contributed by atoms with Crippen LogP contribution in [0.15, 0.2) is 65.0 Å². The van der Waals surface area contributed by atoms with E-state index in [-0.39, 0.29) is 22.0 Å². The van der Waals surface area contributed by atoms with Gasteiger partial charge in [0.2, 0.25) is 0 Å². The largest absolute Gasteiger partial charge is 0.495 e. The van der Waals surface area contributed by atoms with Gasteiger partial charge in [-0.3, -0.25) is 4.72 Å². The predicted molar refractivity (Wildman–Crippen MR) is 164 cm³/mol. The lowest BCUT2D eigenvalue weighted by Gasteiger charge is -2.57. The van der Waals surface area contributed by atoms with E-state index in [1.165, 1.54) is 62.6 Å². The van der Waals surface area contributed by atoms with Crippen molar-refractivity contribution in [2.75, 3.05) is 11.8 Å². The van der Waals surface area contributed by atoms with E-state index in [1.807, 2.05) is 0 Å². The lowest BCUT2D eigenvalue weighted by Crippen LogP contribution is -2.48. The van der Waals surface area contributed by atoms with Crippen LogP contribution < -0.4 is 9.46 Å². The molecule has 0 unspecified atom stereocenters. The number of thiazole rings is 1. The molecule has 4 aliphatic rings. The molecule has 0 spiro atoms. The summed E-state index contributed by atoms with van der Waals surface area (Å²) in [6, 6.07) is 15.0. The molecule has 0 atom stereocenters. The van der Waals surface area contributed by atoms with Gasteiger partial charge in [0.1, 0.15) is 22.4 Å². The predicted octanol–water partition coefficient (Wildman–Crippen LogP) is 7.73. The number of benzene rings is 3. The highest BCUT2D eigenvalue weighted by molar-refractivity contribution is 7.92. The summed E-state index contributed by atoms with van der Waals surface area (Å²) in [5.74, 6) is -0.813. The number of hydrogen-bond acceptors (Lipinski definition) is 6. The normalized spacial score (nSPS) is 23.9. The van der Waals surface area contributed by atoms with E-state index in [0.717, 1.165) is 46.8 Å². The average molecular weight is 637 g/mol. The minimum absolute atomic E-state index is 0.153. The maximum absolute atomic E-state index is 15.4. The third-order valence-corrected chi connectivity index (χ3v) is 11.9. The molecule has 0 radical (unpaired) electrons. The van der Waals surface area contributed by atoms with Crippen LogP contribution in [-0.2, 0) is 15.4 Å². The van der Waals surface area contributed by atoms with Crippen LogP contribution in [0.2, 0.25) is 0 Å². The molecule has 4 bridgehead atoms. The van der Waals surface area contributed by atoms with E-state index in [0.29, 0.717) is 11.0 Å². The number of aromatic carboxylic acids is 1. The number of anilines is 1. The summed E-state index contributed by atoms with van der Waals surface area (Å²) in [6.07, 6.45) is 8.02. The van der Waals surface area contributed by atoms with E-state index in [9.17, 15) is 17.6 Å². The fraction of sp³-hybridized carbons (Fsp3) is 0.333. The number of halogens is 2. The van der Waals surface area contributed by atoms with E-state index >= 15 is 4.39 Å². The molecule has 7 nitrogen and oxygen atoms in total. The quantitative estimate of drug-likeness (QED) is 0.205. The Morgan fingerprint density at radius 1 is 0.955 bits per heavy atom. The molecule has 1 heterocycles. The summed E-state index contributed by atoms with van der Waals surface area (Å²) in [4.78, 5) is 15.4. The zero-order valence-electron chi connectivity index (χ0n) is 23.8. The standard InChI is InChI=1S/C33H30F2N2O5S2/c1-42-29-12-25(32(38)39)27(35)13-28(29)37-44(40,41)30-17-43-31(36-30)24-7-4-22(11-26(24)34)21-2-5-23(6-3-21)33-14-18-8-19(15-33)10-20(9-18)16-33/h2-7,11-13,17-20,37H,8-10,14-16H2,1H3,(H,38,39)/t18-,19-,20?,33?/m1/s1. The maximum atomic E-state index is 15.4. The minimum atomic E-state index is -4.34. The van der Waals surface area contributed by atoms with Crippen molar-refractivity contribution in [3.05, 3.63) is 82.7 Å². The second-order valence-electron chi connectivity index (χ2n) is 12.4. The Morgan fingerprint density at radius 3 is 2.18 bits per heavy atom. The Balaban J connectivity index is 1.10. The third kappa shape index (κ3) is 5.05. The van der Waals surface area contributed by atoms with Crippen LogP contribution in [0.25, 0.3) is 21.7 Å². The van der Waals surface area contributed by atoms with Gasteiger partial charge in [0, 0.05) is 17.0 Å². The molecule has 4 fully saturated rings. The Labute approximate surface area is 258 Å². The van der Waals surface area contributed by atoms with Crippen LogP contribution >= 0.6 is 11.3 Å². The molecule has 0 amide bonds. The molecule has 0 aliphatic heterocycles. The second kappa shape index (κ2) is 10.7. The van der Waals surface area contributed by atoms with Crippen molar-refractivity contribution in [1.29, 1.82) is 0 Å². The second-order valence-corrected chi connectivity index (χ2v) is 14.9. The summed E-state index contributed by atoms with van der Waals surface area (Å²) in [6.45, 7) is 0. The van der Waals surface area contributed by atoms with Gasteiger partial charge < -0.3 is 9.84 Å². The zero-order chi connectivity index (χ0) is 30.8. The van der Waals surface area contributed by atoms with Crippen LogP contribution in [0.5, 0.6) is 5.75 Å². The fourth-order valence-corrected chi connectivity index (χ4v) is 10.2. The van der Waals surface area contributed by atoms with Gasteiger partial charge >= 0.3 is 5.97 Å². The molecule has 228 valence electrons. The van der Waals surface area contributed by atoms with E-state index < -0.39 is 38.2 Å². The summed E-state index contributed by atoms with van der Waals surface area (Å²) >= 11 is 0.951. The average Bonchev–Trinajstić information content (AvgIpc) is 3.48. The number of nitrogens with zero attached hydrogens (tertiary/aromatic N) is 1. The first-order valence-corrected chi connectivity index (χ1v) is 16.9. The summed E-state index contributed by atoms with van der Waals surface area (Å²) in [5, 5.41) is 10.1. The van der Waals surface area contributed by atoms with Crippen molar-refractivity contribution in [2.24, 2.45) is 17.8 Å². The highest BCUT2D eigenvalue weighted by atomic mass is 32.2. The number of methoxy groups -OCH3 is 1. The molecule has 0 saturated heterocycles. The number of sulfonamides is 1. The topological polar surface area (TPSA) is 106 Å². The van der Waals surface area contributed by atoms with Crippen LogP contribution in [0.1, 0.15) is 54.4 Å². The van der Waals surface area contributed by atoms with Crippen LogP contribution in [0, 0.1) is 29.4 Å². The molecule has 4 aromatic rings. The number of hydrogen-bond donors (Lipinski definition) is 2. The molecule has 8 rings (SSSR count). The van der Waals surface area contributed by atoms with Gasteiger partial charge in [-0.2, -0.15) is 8.42 Å². The molecule has 1 aromatic heterocycles. The Bertz CT molecular complexity index is 1850. The number of carboxylic acids is 1. The van der Waals surface area contributed by atoms with Gasteiger partial charge in [-0.1, -0.05) is 30.3 Å². The first-order valence-electron chi connectivity index (χ1n) is 14.5. The molecular formula is C33H30F2N2O5S2. The lowest BCUT2D eigenvalue weighted by molar-refractivity contribution is -0.00518. The maximum Gasteiger partial charge on any atom is 0.338 e. The van der Waals surface area contributed by atoms with Crippen molar-refractivity contribution in [3.63, 3.8) is 0 Å². The van der Waals surface area contributed by atoms with Crippen LogP contribution in [-0.4, -0.2) is 31.6 Å². The number of carboxylic acid groups (broad SMARTS) is 1. The molecule has 44 heavy (non-hydrogen) atoms. The number of carbonyl (C=O) groups is 1. The van der Waals surface area contributed by atoms with E-state index in [4.69, 9.17) is 9.84 Å². The molecule has 3 aromatic carbocycles. The molecule has 4 aliphatic carbocycles. The van der Waals surface area contributed by atoms with Gasteiger partial charge in [-0.05, 0) is 96.6 Å². The van der Waals surface area contributed by atoms with Crippen molar-refractivity contribution in [3.8, 4) is 27.4 Å². The van der Waals surface area contributed by atoms with Gasteiger partial charge in [0.15, 0.2) is 5.03 Å². The summed E-state index contributed by atoms with van der Waals surface area (Å²) in [7, 11) is -3.14. The van der Waals surface area contributed by atoms with Gasteiger partial charge in [-0.25, -0.2) is 18.6 Å². The Kier molecular flexibility index (Phi) is 7.00. The van der Waals surface area contributed by atoms with Crippen molar-refractivity contribution >= 4 is 33.0 Å². The SMILES string of the molecule is COc1cc(C(=O)O)c(F)cc1NS(=O)(=O)c1csc(-c2ccc(-c3ccc(C45CC6C[C@H](C4)C[C@H](C6)C5)cc3)cc2F)n1. The van der Waals surface area contributed by atoms with Crippen LogP contribution in [0.4, 0.5) is 14.5 Å². The molecule has 4 saturated carbocycles. The first kappa shape index (κ1) is 28.9. The van der Waals surface area contributed by atoms with E-state index in [1.54, 1.807) is 12.1 Å². The Hall–Kier alpha value is -3.83. The van der Waals surface area contributed by atoms with Crippen LogP contribution in [0.3, 0.4) is 0 Å². The highest BCUT2D eigenvalue weighted by Gasteiger charge is 2.51. The zero-order valence-corrected chi connectivity index (χ0v) is 25.5. The minimum Gasteiger partial charge on any atom is -0.495 e. The molecule has 11 heteroatoms. The third-order valence-electron chi connectivity index (χ3n) is 9.59. The molecular weight excluding hydrogens is 607 g/mol. The number of ether oxygens (including phenoxy) is 1. The summed E-state index contributed by atoms with van der Waals surface area (Å²) in [5.41, 5.74) is 2.51. The van der Waals surface area contributed by atoms with E-state index in [2.05, 4.69) is 34.0 Å². The number of nitrogens with one attached hydrogen (secondary N) is 1. The van der Waals surface area contributed by atoms with Crippen molar-refractivity contribution in [1.82, 2.24) is 4.98 Å². The summed E-state index contributed by atoms with van der Waals surface area (Å²) < 4.78 is 63.0. The van der Waals surface area contributed by atoms with Crippen molar-refractivity contribution in [2.45, 2.75) is 49.0 Å². The lowest BCUT2D eigenvalue weighted by atomic mass is 9.48. The van der Waals surface area contributed by atoms with Gasteiger partial charge in [-0.15, -0.1) is 11.3 Å². The number of rotatable bonds is 8. The first-order chi connectivity index (χ1) is 21.0. The Morgan fingerprint density at radius 2 is 1.59 bits per heavy atom. The van der Waals surface area contributed by atoms with Gasteiger partial charge in [0.05, 0.1) is 18.4 Å². The van der Waals surface area contributed by atoms with Crippen molar-refractivity contribution < 1.29 is 31.8 Å². The highest BCUT2D eigenvalue weighted by Crippen LogP contribution is 2.60. The van der Waals surface area contributed by atoms with Gasteiger partial charge in [0.25, 0.3) is 10.0 Å². The molecule has 2 N–H and O–H groups in total. The smallest absolute Gasteiger partial charge is 0.338 e. The number of aromatic nitrogens is 1.